The number of hydrogen-bond donors (Lipinski definition) is 2. The average molecular weight is 365 g/mol. The Balaban J connectivity index is 1.89. The molecule has 2 amide bonds. The first-order valence-corrected chi connectivity index (χ1v) is 9.15. The van der Waals surface area contributed by atoms with Crippen molar-refractivity contribution in [2.24, 2.45) is 11.0 Å². The first kappa shape index (κ1) is 20.4. The van der Waals surface area contributed by atoms with Crippen LogP contribution in [0.2, 0.25) is 0 Å². The van der Waals surface area contributed by atoms with Crippen LogP contribution in [0.15, 0.2) is 53.6 Å². The van der Waals surface area contributed by atoms with Crippen LogP contribution in [-0.4, -0.2) is 17.5 Å². The summed E-state index contributed by atoms with van der Waals surface area (Å²) in [6, 6.07) is 15.6. The average Bonchev–Trinajstić information content (AvgIpc) is 2.64. The minimum absolute atomic E-state index is 0.0837. The van der Waals surface area contributed by atoms with Crippen LogP contribution in [-0.2, 0) is 9.59 Å². The van der Waals surface area contributed by atoms with E-state index in [1.54, 1.807) is 0 Å². The molecule has 0 heterocycles. The van der Waals surface area contributed by atoms with Crippen molar-refractivity contribution in [2.75, 3.05) is 5.32 Å². The number of nitrogens with zero attached hydrogens (tertiary/aromatic N) is 1. The number of aryl methyl sites for hydroxylation is 2. The number of hydrazone groups is 1. The van der Waals surface area contributed by atoms with Crippen LogP contribution in [0.5, 0.6) is 0 Å². The van der Waals surface area contributed by atoms with Gasteiger partial charge in [0, 0.05) is 18.5 Å². The predicted molar refractivity (Wildman–Crippen MR) is 110 cm³/mol. The van der Waals surface area contributed by atoms with Crippen LogP contribution in [0.3, 0.4) is 0 Å². The van der Waals surface area contributed by atoms with E-state index >= 15 is 0 Å². The number of anilines is 1. The molecule has 5 nitrogen and oxygen atoms in total. The van der Waals surface area contributed by atoms with E-state index in [-0.39, 0.29) is 30.6 Å². The largest absolute Gasteiger partial charge is 0.326 e. The lowest BCUT2D eigenvalue weighted by Crippen LogP contribution is -2.23. The minimum Gasteiger partial charge on any atom is -0.326 e. The molecule has 0 saturated carbocycles. The fourth-order valence-electron chi connectivity index (χ4n) is 2.62. The second kappa shape index (κ2) is 9.67. The molecule has 0 aliphatic heterocycles. The molecule has 2 rings (SSSR count). The molecule has 0 saturated heterocycles. The monoisotopic (exact) mass is 365 g/mol. The van der Waals surface area contributed by atoms with Gasteiger partial charge in [-0.05, 0) is 42.5 Å². The molecule has 0 spiro atoms. The summed E-state index contributed by atoms with van der Waals surface area (Å²) in [7, 11) is 0. The van der Waals surface area contributed by atoms with Gasteiger partial charge in [-0.25, -0.2) is 5.43 Å². The number of benzene rings is 2. The normalized spacial score (nSPS) is 11.4. The third kappa shape index (κ3) is 6.37. The van der Waals surface area contributed by atoms with Crippen molar-refractivity contribution in [3.8, 4) is 0 Å². The molecular weight excluding hydrogens is 338 g/mol. The Labute approximate surface area is 160 Å². The van der Waals surface area contributed by atoms with Crippen molar-refractivity contribution in [1.82, 2.24) is 5.43 Å². The summed E-state index contributed by atoms with van der Waals surface area (Å²) < 4.78 is 0. The highest BCUT2D eigenvalue weighted by Gasteiger charge is 2.11. The SMILES string of the molecule is Cc1ccc(C)c(NC(=O)CCC(=O)N/N=C(/c2ccccc2)C(C)C)c1. The Morgan fingerprint density at radius 1 is 0.963 bits per heavy atom. The van der Waals surface area contributed by atoms with Crippen molar-refractivity contribution in [3.63, 3.8) is 0 Å². The topological polar surface area (TPSA) is 70.6 Å². The van der Waals surface area contributed by atoms with Crippen LogP contribution in [0.1, 0.15) is 43.4 Å². The highest BCUT2D eigenvalue weighted by Crippen LogP contribution is 2.16. The first-order valence-electron chi connectivity index (χ1n) is 9.15. The number of rotatable bonds is 7. The van der Waals surface area contributed by atoms with Crippen LogP contribution in [0.25, 0.3) is 0 Å². The Morgan fingerprint density at radius 2 is 1.63 bits per heavy atom. The quantitative estimate of drug-likeness (QED) is 0.570. The zero-order valence-corrected chi connectivity index (χ0v) is 16.4. The van der Waals surface area contributed by atoms with Gasteiger partial charge in [-0.3, -0.25) is 9.59 Å². The van der Waals surface area contributed by atoms with E-state index in [1.807, 2.05) is 76.2 Å². The zero-order valence-electron chi connectivity index (χ0n) is 16.4. The Hall–Kier alpha value is -2.95. The molecule has 0 aliphatic rings. The summed E-state index contributed by atoms with van der Waals surface area (Å²) in [4.78, 5) is 24.2. The Morgan fingerprint density at radius 3 is 2.30 bits per heavy atom. The van der Waals surface area contributed by atoms with E-state index in [4.69, 9.17) is 0 Å². The number of nitrogens with one attached hydrogen (secondary N) is 2. The van der Waals surface area contributed by atoms with Gasteiger partial charge in [0.05, 0.1) is 5.71 Å². The van der Waals surface area contributed by atoms with Crippen LogP contribution in [0.4, 0.5) is 5.69 Å². The Bertz CT molecular complexity index is 827. The van der Waals surface area contributed by atoms with Gasteiger partial charge >= 0.3 is 0 Å². The van der Waals surface area contributed by atoms with Crippen LogP contribution < -0.4 is 10.7 Å². The number of hydrogen-bond acceptors (Lipinski definition) is 3. The molecule has 2 aromatic carbocycles. The summed E-state index contributed by atoms with van der Waals surface area (Å²) in [5.41, 5.74) is 7.20. The molecule has 142 valence electrons. The highest BCUT2D eigenvalue weighted by atomic mass is 16.2. The molecule has 0 atom stereocenters. The van der Waals surface area contributed by atoms with Crippen molar-refractivity contribution in [1.29, 1.82) is 0 Å². The summed E-state index contributed by atoms with van der Waals surface area (Å²) in [6.45, 7) is 7.96. The van der Waals surface area contributed by atoms with Crippen molar-refractivity contribution in [2.45, 2.75) is 40.5 Å². The maximum atomic E-state index is 12.1. The van der Waals surface area contributed by atoms with E-state index in [0.717, 1.165) is 28.1 Å². The lowest BCUT2D eigenvalue weighted by molar-refractivity contribution is -0.124. The van der Waals surface area contributed by atoms with E-state index in [0.29, 0.717) is 0 Å². The van der Waals surface area contributed by atoms with E-state index < -0.39 is 0 Å². The van der Waals surface area contributed by atoms with Crippen molar-refractivity contribution < 1.29 is 9.59 Å². The lowest BCUT2D eigenvalue weighted by Gasteiger charge is -2.11. The van der Waals surface area contributed by atoms with Gasteiger partial charge in [-0.15, -0.1) is 0 Å². The van der Waals surface area contributed by atoms with Gasteiger partial charge < -0.3 is 5.32 Å². The number of carbonyl (C=O) groups excluding carboxylic acids is 2. The fraction of sp³-hybridized carbons (Fsp3) is 0.318. The second-order valence-corrected chi connectivity index (χ2v) is 6.92. The molecular formula is C22H27N3O2. The molecule has 0 radical (unpaired) electrons. The highest BCUT2D eigenvalue weighted by molar-refractivity contribution is 6.02. The summed E-state index contributed by atoms with van der Waals surface area (Å²) >= 11 is 0. The molecule has 2 aromatic rings. The van der Waals surface area contributed by atoms with Gasteiger partial charge in [0.25, 0.3) is 0 Å². The van der Waals surface area contributed by atoms with E-state index in [2.05, 4.69) is 15.8 Å². The molecule has 0 unspecified atom stereocenters. The minimum atomic E-state index is -0.278. The smallest absolute Gasteiger partial charge is 0.240 e. The number of amides is 2. The molecule has 5 heteroatoms. The summed E-state index contributed by atoms with van der Waals surface area (Å²) in [5, 5.41) is 7.13. The molecule has 2 N–H and O–H groups in total. The maximum Gasteiger partial charge on any atom is 0.240 e. The van der Waals surface area contributed by atoms with E-state index in [1.165, 1.54) is 0 Å². The molecule has 27 heavy (non-hydrogen) atoms. The van der Waals surface area contributed by atoms with Crippen LogP contribution in [0, 0.1) is 19.8 Å². The van der Waals surface area contributed by atoms with Crippen LogP contribution >= 0.6 is 0 Å². The summed E-state index contributed by atoms with van der Waals surface area (Å²) in [5.74, 6) is -0.296. The molecule has 0 fully saturated rings. The zero-order chi connectivity index (χ0) is 19.8. The lowest BCUT2D eigenvalue weighted by atomic mass is 10.0. The third-order valence-electron chi connectivity index (χ3n) is 4.16. The standard InChI is InChI=1S/C22H27N3O2/c1-15(2)22(18-8-6-5-7-9-18)25-24-21(27)13-12-20(26)23-19-14-16(3)10-11-17(19)4/h5-11,14-15H,12-13H2,1-4H3,(H,23,26)(H,24,27)/b25-22+. The number of carbonyl (C=O) groups is 2. The summed E-state index contributed by atoms with van der Waals surface area (Å²) in [6.07, 6.45) is 0.192. The second-order valence-electron chi connectivity index (χ2n) is 6.92. The van der Waals surface area contributed by atoms with Gasteiger partial charge in [-0.1, -0.05) is 56.3 Å². The fourth-order valence-corrected chi connectivity index (χ4v) is 2.62. The molecule has 0 aliphatic carbocycles. The first-order chi connectivity index (χ1) is 12.9. The third-order valence-corrected chi connectivity index (χ3v) is 4.16. The van der Waals surface area contributed by atoms with Crippen molar-refractivity contribution >= 4 is 23.2 Å². The van der Waals surface area contributed by atoms with Crippen molar-refractivity contribution in [3.05, 3.63) is 65.2 Å². The predicted octanol–water partition coefficient (Wildman–Crippen LogP) is 4.20. The van der Waals surface area contributed by atoms with E-state index in [9.17, 15) is 9.59 Å². The van der Waals surface area contributed by atoms with Gasteiger partial charge in [0.2, 0.25) is 11.8 Å². The maximum absolute atomic E-state index is 12.1. The van der Waals surface area contributed by atoms with Gasteiger partial charge in [0.1, 0.15) is 0 Å². The van der Waals surface area contributed by atoms with Gasteiger partial charge in [0.15, 0.2) is 0 Å². The molecule has 0 bridgehead atoms. The Kier molecular flexibility index (Phi) is 7.29. The molecule has 0 aromatic heterocycles. The van der Waals surface area contributed by atoms with Gasteiger partial charge in [-0.2, -0.15) is 5.10 Å².